The van der Waals surface area contributed by atoms with E-state index in [9.17, 15) is 0 Å². The number of hydrogen-bond donors (Lipinski definition) is 1. The largest absolute Gasteiger partial charge is 0.434 e. The van der Waals surface area contributed by atoms with Crippen molar-refractivity contribution < 1.29 is 4.42 Å². The molecule has 0 fully saturated rings. The Kier molecular flexibility index (Phi) is 2.68. The van der Waals surface area contributed by atoms with Crippen LogP contribution in [-0.2, 0) is 0 Å². The minimum atomic E-state index is 0.527. The number of hydrogen-bond acceptors (Lipinski definition) is 4. The lowest BCUT2D eigenvalue weighted by Crippen LogP contribution is -1.84. The van der Waals surface area contributed by atoms with E-state index in [-0.39, 0.29) is 0 Å². The highest BCUT2D eigenvalue weighted by molar-refractivity contribution is 9.10. The van der Waals surface area contributed by atoms with Gasteiger partial charge in [-0.25, -0.2) is 4.98 Å². The van der Waals surface area contributed by atoms with Gasteiger partial charge in [0.25, 0.3) is 0 Å². The van der Waals surface area contributed by atoms with Crippen molar-refractivity contribution >= 4 is 43.6 Å². The first-order valence-corrected chi connectivity index (χ1v) is 7.21. The van der Waals surface area contributed by atoms with E-state index in [0.29, 0.717) is 17.2 Å². The smallest absolute Gasteiger partial charge is 0.229 e. The number of nitrogen functional groups attached to an aromatic ring is 1. The number of pyridine rings is 1. The number of aromatic nitrogens is 2. The summed E-state index contributed by atoms with van der Waals surface area (Å²) in [5.74, 6) is 0.527. The van der Waals surface area contributed by atoms with E-state index in [1.807, 2.05) is 36.4 Å². The van der Waals surface area contributed by atoms with Crippen LogP contribution >= 0.6 is 15.9 Å². The lowest BCUT2D eigenvalue weighted by Gasteiger charge is -2.01. The molecule has 0 atom stereocenters. The molecule has 2 aromatic heterocycles. The maximum atomic E-state index is 5.98. The zero-order valence-electron chi connectivity index (χ0n) is 10.9. The van der Waals surface area contributed by atoms with Crippen LogP contribution in [0.2, 0.25) is 0 Å². The van der Waals surface area contributed by atoms with Crippen LogP contribution in [0.3, 0.4) is 0 Å². The fraction of sp³-hybridized carbons (Fsp3) is 0. The predicted molar refractivity (Wildman–Crippen MR) is 86.9 cm³/mol. The van der Waals surface area contributed by atoms with Crippen LogP contribution < -0.4 is 5.73 Å². The summed E-state index contributed by atoms with van der Waals surface area (Å²) in [7, 11) is 0. The first-order chi connectivity index (χ1) is 10.2. The molecule has 2 heterocycles. The second kappa shape index (κ2) is 4.56. The summed E-state index contributed by atoms with van der Waals surface area (Å²) >= 11 is 3.41. The number of nitrogens with zero attached hydrogens (tertiary/aromatic N) is 2. The number of nitrogens with two attached hydrogens (primary N) is 1. The zero-order chi connectivity index (χ0) is 14.4. The van der Waals surface area contributed by atoms with Gasteiger partial charge >= 0.3 is 0 Å². The minimum absolute atomic E-state index is 0.527. The monoisotopic (exact) mass is 339 g/mol. The van der Waals surface area contributed by atoms with Crippen molar-refractivity contribution in [1.29, 1.82) is 0 Å². The van der Waals surface area contributed by atoms with Crippen molar-refractivity contribution in [2.24, 2.45) is 0 Å². The Hall–Kier alpha value is -2.40. The standard InChI is InChI=1S/C16H10BrN3O/c17-10-7-12(18)15-13(8-10)20-16(21-15)11-5-1-3-9-4-2-6-19-14(9)11/h1-8H,18H2. The Morgan fingerprint density at radius 2 is 1.95 bits per heavy atom. The summed E-state index contributed by atoms with van der Waals surface area (Å²) in [6.45, 7) is 0. The Bertz CT molecular complexity index is 973. The van der Waals surface area contributed by atoms with Gasteiger partial charge in [-0.1, -0.05) is 34.1 Å². The molecule has 0 saturated heterocycles. The van der Waals surface area contributed by atoms with E-state index in [1.165, 1.54) is 0 Å². The Labute approximate surface area is 128 Å². The molecule has 5 heteroatoms. The van der Waals surface area contributed by atoms with Gasteiger partial charge in [0.05, 0.1) is 16.8 Å². The normalized spacial score (nSPS) is 11.3. The number of anilines is 1. The number of halogens is 1. The molecule has 0 unspecified atom stereocenters. The van der Waals surface area contributed by atoms with Crippen molar-refractivity contribution in [3.05, 3.63) is 53.1 Å². The zero-order valence-corrected chi connectivity index (χ0v) is 12.5. The molecule has 4 nitrogen and oxygen atoms in total. The number of oxazole rings is 1. The maximum absolute atomic E-state index is 5.98. The summed E-state index contributed by atoms with van der Waals surface area (Å²) in [6, 6.07) is 13.5. The van der Waals surface area contributed by atoms with E-state index in [0.717, 1.165) is 26.5 Å². The molecule has 0 bridgehead atoms. The van der Waals surface area contributed by atoms with Gasteiger partial charge in [0.15, 0.2) is 5.58 Å². The van der Waals surface area contributed by atoms with Crippen LogP contribution in [0.25, 0.3) is 33.5 Å². The van der Waals surface area contributed by atoms with Crippen LogP contribution in [-0.4, -0.2) is 9.97 Å². The molecule has 2 N–H and O–H groups in total. The molecule has 2 aromatic carbocycles. The van der Waals surface area contributed by atoms with Gasteiger partial charge in [0.1, 0.15) is 5.52 Å². The van der Waals surface area contributed by atoms with Crippen LogP contribution in [0, 0.1) is 0 Å². The van der Waals surface area contributed by atoms with Crippen molar-refractivity contribution in [3.8, 4) is 11.5 Å². The van der Waals surface area contributed by atoms with Gasteiger partial charge in [-0.05, 0) is 24.3 Å². The molecule has 0 saturated carbocycles. The Balaban J connectivity index is 2.03. The van der Waals surface area contributed by atoms with Gasteiger partial charge < -0.3 is 10.2 Å². The Morgan fingerprint density at radius 1 is 1.10 bits per heavy atom. The third-order valence-corrected chi connectivity index (χ3v) is 3.80. The first kappa shape index (κ1) is 12.3. The van der Waals surface area contributed by atoms with Crippen LogP contribution in [0.5, 0.6) is 0 Å². The summed E-state index contributed by atoms with van der Waals surface area (Å²) < 4.78 is 6.73. The van der Waals surface area contributed by atoms with E-state index >= 15 is 0 Å². The number of rotatable bonds is 1. The molecule has 0 aliphatic rings. The van der Waals surface area contributed by atoms with E-state index in [2.05, 4.69) is 25.9 Å². The highest BCUT2D eigenvalue weighted by atomic mass is 79.9. The molecule has 102 valence electrons. The summed E-state index contributed by atoms with van der Waals surface area (Å²) in [5.41, 5.74) is 9.59. The molecule has 0 amide bonds. The van der Waals surface area contributed by atoms with Crippen molar-refractivity contribution in [2.75, 3.05) is 5.73 Å². The highest BCUT2D eigenvalue weighted by Crippen LogP contribution is 2.33. The molecular weight excluding hydrogens is 330 g/mol. The average Bonchev–Trinajstić information content (AvgIpc) is 2.90. The van der Waals surface area contributed by atoms with Crippen LogP contribution in [0.15, 0.2) is 57.6 Å². The third-order valence-electron chi connectivity index (χ3n) is 3.35. The third kappa shape index (κ3) is 1.97. The second-order valence-corrected chi connectivity index (χ2v) is 5.66. The second-order valence-electron chi connectivity index (χ2n) is 4.74. The van der Waals surface area contributed by atoms with Gasteiger partial charge in [0.2, 0.25) is 5.89 Å². The number of para-hydroxylation sites is 1. The van der Waals surface area contributed by atoms with Gasteiger partial charge in [-0.2, -0.15) is 0 Å². The summed E-state index contributed by atoms with van der Waals surface area (Å²) in [5, 5.41) is 1.05. The number of benzene rings is 2. The number of fused-ring (bicyclic) bond motifs is 2. The quantitative estimate of drug-likeness (QED) is 0.522. The molecule has 21 heavy (non-hydrogen) atoms. The van der Waals surface area contributed by atoms with E-state index in [4.69, 9.17) is 10.2 Å². The summed E-state index contributed by atoms with van der Waals surface area (Å²) in [6.07, 6.45) is 1.76. The first-order valence-electron chi connectivity index (χ1n) is 6.42. The SMILES string of the molecule is Nc1cc(Br)cc2nc(-c3cccc4cccnc34)oc12. The molecule has 0 aliphatic carbocycles. The van der Waals surface area contributed by atoms with Crippen molar-refractivity contribution in [2.45, 2.75) is 0 Å². The predicted octanol–water partition coefficient (Wildman–Crippen LogP) is 4.39. The fourth-order valence-electron chi connectivity index (χ4n) is 2.41. The Morgan fingerprint density at radius 3 is 2.86 bits per heavy atom. The fourth-order valence-corrected chi connectivity index (χ4v) is 2.88. The van der Waals surface area contributed by atoms with Gasteiger partial charge in [-0.15, -0.1) is 0 Å². The maximum Gasteiger partial charge on any atom is 0.229 e. The van der Waals surface area contributed by atoms with Crippen molar-refractivity contribution in [3.63, 3.8) is 0 Å². The van der Waals surface area contributed by atoms with Crippen LogP contribution in [0.1, 0.15) is 0 Å². The van der Waals surface area contributed by atoms with E-state index in [1.54, 1.807) is 12.3 Å². The minimum Gasteiger partial charge on any atom is -0.434 e. The van der Waals surface area contributed by atoms with Crippen molar-refractivity contribution in [1.82, 2.24) is 9.97 Å². The van der Waals surface area contributed by atoms with Gasteiger partial charge in [0, 0.05) is 16.1 Å². The van der Waals surface area contributed by atoms with Gasteiger partial charge in [-0.3, -0.25) is 4.98 Å². The summed E-state index contributed by atoms with van der Waals surface area (Å²) in [4.78, 5) is 8.97. The average molecular weight is 340 g/mol. The van der Waals surface area contributed by atoms with Crippen LogP contribution in [0.4, 0.5) is 5.69 Å². The lowest BCUT2D eigenvalue weighted by atomic mass is 10.1. The molecule has 4 rings (SSSR count). The van der Waals surface area contributed by atoms with E-state index < -0.39 is 0 Å². The highest BCUT2D eigenvalue weighted by Gasteiger charge is 2.14. The molecule has 0 aliphatic heterocycles. The molecule has 0 radical (unpaired) electrons. The topological polar surface area (TPSA) is 64.9 Å². The molecular formula is C16H10BrN3O. The molecule has 0 spiro atoms. The molecule has 4 aromatic rings. The lowest BCUT2D eigenvalue weighted by molar-refractivity contribution is 0.621.